The first kappa shape index (κ1) is 11.6. The van der Waals surface area contributed by atoms with Gasteiger partial charge in [0.1, 0.15) is 6.04 Å². The zero-order valence-corrected chi connectivity index (χ0v) is 9.46. The van der Waals surface area contributed by atoms with Crippen LogP contribution in [0.3, 0.4) is 0 Å². The highest BCUT2D eigenvalue weighted by Crippen LogP contribution is 2.34. The molecule has 1 aliphatic heterocycles. The second kappa shape index (κ2) is 4.55. The molecule has 0 aliphatic carbocycles. The molecule has 17 heavy (non-hydrogen) atoms. The minimum Gasteiger partial charge on any atom is -0.381 e. The van der Waals surface area contributed by atoms with Crippen LogP contribution in [0.5, 0.6) is 0 Å². The van der Waals surface area contributed by atoms with Crippen molar-refractivity contribution in [3.05, 3.63) is 35.9 Å². The molecule has 3 amide bonds. The summed E-state index contributed by atoms with van der Waals surface area (Å²) in [5, 5.41) is 12.2. The van der Waals surface area contributed by atoms with Crippen LogP contribution in [0, 0.1) is 0 Å². The Kier molecular flexibility index (Phi) is 3.10. The SMILES string of the molecule is CCNC(=O)N1C(=O)[C@H](O)[C@@H]1c1ccccc1. The lowest BCUT2D eigenvalue weighted by atomic mass is 9.91. The van der Waals surface area contributed by atoms with Crippen molar-refractivity contribution in [1.29, 1.82) is 0 Å². The van der Waals surface area contributed by atoms with Crippen molar-refractivity contribution in [2.75, 3.05) is 6.54 Å². The quantitative estimate of drug-likeness (QED) is 0.738. The summed E-state index contributed by atoms with van der Waals surface area (Å²) in [6, 6.07) is 7.99. The van der Waals surface area contributed by atoms with Crippen LogP contribution in [0.15, 0.2) is 30.3 Å². The molecule has 1 aliphatic rings. The Morgan fingerprint density at radius 2 is 2.06 bits per heavy atom. The number of carbonyl (C=O) groups excluding carboxylic acids is 2. The van der Waals surface area contributed by atoms with Gasteiger partial charge in [0, 0.05) is 6.54 Å². The van der Waals surface area contributed by atoms with Gasteiger partial charge < -0.3 is 10.4 Å². The van der Waals surface area contributed by atoms with Gasteiger partial charge in [0.25, 0.3) is 5.91 Å². The molecule has 5 nitrogen and oxygen atoms in total. The summed E-state index contributed by atoms with van der Waals surface area (Å²) >= 11 is 0. The van der Waals surface area contributed by atoms with Crippen LogP contribution >= 0.6 is 0 Å². The van der Waals surface area contributed by atoms with Gasteiger partial charge in [0.2, 0.25) is 0 Å². The van der Waals surface area contributed by atoms with E-state index in [1.807, 2.05) is 6.07 Å². The minimum atomic E-state index is -1.12. The molecule has 0 unspecified atom stereocenters. The van der Waals surface area contributed by atoms with Crippen molar-refractivity contribution < 1.29 is 14.7 Å². The van der Waals surface area contributed by atoms with Gasteiger partial charge in [-0.15, -0.1) is 0 Å². The number of aliphatic hydroxyl groups excluding tert-OH is 1. The number of imide groups is 1. The predicted octanol–water partition coefficient (Wildman–Crippen LogP) is 0.660. The van der Waals surface area contributed by atoms with Crippen LogP contribution in [0.2, 0.25) is 0 Å². The van der Waals surface area contributed by atoms with Crippen molar-refractivity contribution in [3.8, 4) is 0 Å². The largest absolute Gasteiger partial charge is 0.381 e. The Hall–Kier alpha value is -1.88. The van der Waals surface area contributed by atoms with Crippen LogP contribution in [-0.4, -0.2) is 34.6 Å². The molecule has 1 heterocycles. The number of β-lactam (4-membered cyclic amide) rings is 1. The van der Waals surface area contributed by atoms with Crippen molar-refractivity contribution in [2.45, 2.75) is 19.1 Å². The standard InChI is InChI=1S/C12H14N2O3/c1-2-13-12(17)14-9(10(15)11(14)16)8-6-4-3-5-7-8/h3-7,9-10,15H,2H2,1H3,(H,13,17)/t9-,10+/m0/s1. The molecule has 90 valence electrons. The minimum absolute atomic E-state index is 0.445. The van der Waals surface area contributed by atoms with Gasteiger partial charge in [0.05, 0.1) is 0 Å². The van der Waals surface area contributed by atoms with E-state index in [4.69, 9.17) is 0 Å². The summed E-state index contributed by atoms with van der Waals surface area (Å²) in [5.74, 6) is -0.551. The van der Waals surface area contributed by atoms with Gasteiger partial charge in [-0.05, 0) is 12.5 Å². The molecule has 0 spiro atoms. The predicted molar refractivity (Wildman–Crippen MR) is 61.1 cm³/mol. The first-order valence-electron chi connectivity index (χ1n) is 5.50. The Balaban J connectivity index is 2.21. The molecule has 0 bridgehead atoms. The number of amides is 3. The molecule has 0 radical (unpaired) electrons. The lowest BCUT2D eigenvalue weighted by Crippen LogP contribution is -2.63. The maximum Gasteiger partial charge on any atom is 0.324 e. The average Bonchev–Trinajstić information content (AvgIpc) is 2.35. The number of urea groups is 1. The average molecular weight is 234 g/mol. The molecule has 1 fully saturated rings. The highest BCUT2D eigenvalue weighted by atomic mass is 16.3. The van der Waals surface area contributed by atoms with E-state index < -0.39 is 24.1 Å². The topological polar surface area (TPSA) is 69.6 Å². The van der Waals surface area contributed by atoms with E-state index in [-0.39, 0.29) is 0 Å². The van der Waals surface area contributed by atoms with E-state index in [0.29, 0.717) is 6.54 Å². The molecule has 2 rings (SSSR count). The normalized spacial score (nSPS) is 23.2. The fourth-order valence-electron chi connectivity index (χ4n) is 1.92. The first-order valence-corrected chi connectivity index (χ1v) is 5.50. The summed E-state index contributed by atoms with van der Waals surface area (Å²) in [6.07, 6.45) is -1.12. The Labute approximate surface area is 99.0 Å². The Morgan fingerprint density at radius 1 is 1.41 bits per heavy atom. The van der Waals surface area contributed by atoms with Crippen LogP contribution in [0.25, 0.3) is 0 Å². The number of nitrogens with one attached hydrogen (secondary N) is 1. The molecule has 5 heteroatoms. The van der Waals surface area contributed by atoms with E-state index in [2.05, 4.69) is 5.32 Å². The number of carbonyl (C=O) groups is 2. The smallest absolute Gasteiger partial charge is 0.324 e. The molecule has 2 N–H and O–H groups in total. The third-order valence-corrected chi connectivity index (χ3v) is 2.76. The van der Waals surface area contributed by atoms with E-state index in [1.165, 1.54) is 0 Å². The van der Waals surface area contributed by atoms with E-state index in [1.54, 1.807) is 31.2 Å². The molecule has 0 saturated carbocycles. The molecular weight excluding hydrogens is 220 g/mol. The van der Waals surface area contributed by atoms with Gasteiger partial charge in [-0.2, -0.15) is 0 Å². The highest BCUT2D eigenvalue weighted by molar-refractivity contribution is 6.02. The van der Waals surface area contributed by atoms with Crippen LogP contribution < -0.4 is 5.32 Å². The highest BCUT2D eigenvalue weighted by Gasteiger charge is 2.50. The summed E-state index contributed by atoms with van der Waals surface area (Å²) in [7, 11) is 0. The van der Waals surface area contributed by atoms with Crippen molar-refractivity contribution >= 4 is 11.9 Å². The molecule has 1 aromatic rings. The number of aliphatic hydroxyl groups is 1. The van der Waals surface area contributed by atoms with E-state index in [9.17, 15) is 14.7 Å². The van der Waals surface area contributed by atoms with Gasteiger partial charge in [-0.3, -0.25) is 9.69 Å². The molecule has 2 atom stereocenters. The fourth-order valence-corrected chi connectivity index (χ4v) is 1.92. The van der Waals surface area contributed by atoms with E-state index >= 15 is 0 Å². The van der Waals surface area contributed by atoms with Crippen molar-refractivity contribution in [3.63, 3.8) is 0 Å². The monoisotopic (exact) mass is 234 g/mol. The number of hydrogen-bond donors (Lipinski definition) is 2. The lowest BCUT2D eigenvalue weighted by molar-refractivity contribution is -0.160. The van der Waals surface area contributed by atoms with Crippen LogP contribution in [0.4, 0.5) is 4.79 Å². The second-order valence-electron chi connectivity index (χ2n) is 3.84. The zero-order chi connectivity index (χ0) is 12.4. The number of rotatable bonds is 2. The van der Waals surface area contributed by atoms with Crippen LogP contribution in [0.1, 0.15) is 18.5 Å². The second-order valence-corrected chi connectivity index (χ2v) is 3.84. The van der Waals surface area contributed by atoms with Gasteiger partial charge in [-0.1, -0.05) is 30.3 Å². The van der Waals surface area contributed by atoms with Crippen molar-refractivity contribution in [2.24, 2.45) is 0 Å². The van der Waals surface area contributed by atoms with Gasteiger partial charge >= 0.3 is 6.03 Å². The number of hydrogen-bond acceptors (Lipinski definition) is 3. The maximum atomic E-state index is 11.6. The summed E-state index contributed by atoms with van der Waals surface area (Å²) < 4.78 is 0. The number of benzene rings is 1. The van der Waals surface area contributed by atoms with Crippen LogP contribution in [-0.2, 0) is 4.79 Å². The third kappa shape index (κ3) is 1.89. The number of likely N-dealkylation sites (tertiary alicyclic amines) is 1. The Morgan fingerprint density at radius 3 is 2.65 bits per heavy atom. The summed E-state index contributed by atoms with van der Waals surface area (Å²) in [4.78, 5) is 24.2. The first-order chi connectivity index (χ1) is 8.16. The van der Waals surface area contributed by atoms with Crippen molar-refractivity contribution in [1.82, 2.24) is 10.2 Å². The molecule has 0 aromatic heterocycles. The number of nitrogens with zero attached hydrogens (tertiary/aromatic N) is 1. The fraction of sp³-hybridized carbons (Fsp3) is 0.333. The summed E-state index contributed by atoms with van der Waals surface area (Å²) in [5.41, 5.74) is 0.755. The van der Waals surface area contributed by atoms with E-state index in [0.717, 1.165) is 10.5 Å². The molecule has 1 saturated heterocycles. The van der Waals surface area contributed by atoms with Gasteiger partial charge in [0.15, 0.2) is 6.10 Å². The lowest BCUT2D eigenvalue weighted by Gasteiger charge is -2.42. The molecule has 1 aromatic carbocycles. The molecular formula is C12H14N2O3. The Bertz CT molecular complexity index is 433. The maximum absolute atomic E-state index is 11.6. The third-order valence-electron chi connectivity index (χ3n) is 2.76. The summed E-state index contributed by atoms with van der Waals surface area (Å²) in [6.45, 7) is 2.22. The van der Waals surface area contributed by atoms with Gasteiger partial charge in [-0.25, -0.2) is 4.79 Å². The zero-order valence-electron chi connectivity index (χ0n) is 9.46.